The first-order chi connectivity index (χ1) is 12.2. The maximum atomic E-state index is 13.0. The van der Waals surface area contributed by atoms with Crippen molar-refractivity contribution in [3.05, 3.63) is 59.8 Å². The minimum Gasteiger partial charge on any atom is -0.309 e. The number of amides is 1. The lowest BCUT2D eigenvalue weighted by molar-refractivity contribution is -0.115. The number of benzene rings is 1. The third-order valence-corrected chi connectivity index (χ3v) is 4.18. The maximum Gasteiger partial charge on any atom is 0.231 e. The molecule has 1 fully saturated rings. The number of anilines is 1. The zero-order valence-corrected chi connectivity index (χ0v) is 13.6. The zero-order valence-electron chi connectivity index (χ0n) is 13.6. The molecular formula is C18H18FN5O. The molecule has 0 saturated heterocycles. The molecule has 2 N–H and O–H groups in total. The first-order valence-corrected chi connectivity index (χ1v) is 8.30. The summed E-state index contributed by atoms with van der Waals surface area (Å²) in [5.41, 5.74) is 2.43. The van der Waals surface area contributed by atoms with E-state index in [4.69, 9.17) is 0 Å². The molecule has 1 aromatic carbocycles. The lowest BCUT2D eigenvalue weighted by Gasteiger charge is -2.01. The highest BCUT2D eigenvalue weighted by molar-refractivity contribution is 5.91. The van der Waals surface area contributed by atoms with E-state index in [0.717, 1.165) is 23.7 Å². The van der Waals surface area contributed by atoms with Crippen molar-refractivity contribution in [2.75, 3.05) is 5.32 Å². The van der Waals surface area contributed by atoms with E-state index in [9.17, 15) is 9.18 Å². The van der Waals surface area contributed by atoms with Crippen LogP contribution in [0, 0.1) is 11.7 Å². The van der Waals surface area contributed by atoms with Gasteiger partial charge in [0.25, 0.3) is 0 Å². The third kappa shape index (κ3) is 3.93. The molecule has 0 bridgehead atoms. The van der Waals surface area contributed by atoms with Crippen molar-refractivity contribution in [2.24, 2.45) is 5.92 Å². The van der Waals surface area contributed by atoms with Gasteiger partial charge in [-0.15, -0.1) is 0 Å². The molecule has 0 aliphatic heterocycles. The largest absolute Gasteiger partial charge is 0.309 e. The molecule has 7 heteroatoms. The Labute approximate surface area is 144 Å². The van der Waals surface area contributed by atoms with Crippen molar-refractivity contribution in [1.29, 1.82) is 0 Å². The van der Waals surface area contributed by atoms with E-state index in [1.165, 1.54) is 25.0 Å². The molecule has 0 atom stereocenters. The standard InChI is InChI=1S/C18H18FN5O/c19-13-3-5-16(6-4-13)24-8-7-14(23-24)11-18(25)20-17-10-15(21-22-17)9-12-1-2-12/h3-8,10,12H,1-2,9,11H2,(H2,20,21,22,25). The van der Waals surface area contributed by atoms with Crippen molar-refractivity contribution in [3.63, 3.8) is 0 Å². The van der Waals surface area contributed by atoms with Gasteiger partial charge in [0.2, 0.25) is 5.91 Å². The van der Waals surface area contributed by atoms with Crippen LogP contribution >= 0.6 is 0 Å². The van der Waals surface area contributed by atoms with E-state index < -0.39 is 0 Å². The predicted molar refractivity (Wildman–Crippen MR) is 90.9 cm³/mol. The Hall–Kier alpha value is -2.96. The fourth-order valence-electron chi connectivity index (χ4n) is 2.71. The Kier molecular flexibility index (Phi) is 4.05. The van der Waals surface area contributed by atoms with Crippen LogP contribution in [0.2, 0.25) is 0 Å². The van der Waals surface area contributed by atoms with Gasteiger partial charge in [-0.05, 0) is 55.5 Å². The minimum atomic E-state index is -0.296. The molecule has 2 aromatic heterocycles. The molecule has 3 aromatic rings. The topological polar surface area (TPSA) is 75.6 Å². The number of rotatable bonds is 6. The Morgan fingerprint density at radius 3 is 2.84 bits per heavy atom. The smallest absolute Gasteiger partial charge is 0.231 e. The van der Waals surface area contributed by atoms with Crippen LogP contribution in [0.1, 0.15) is 24.2 Å². The normalized spacial score (nSPS) is 13.8. The summed E-state index contributed by atoms with van der Waals surface area (Å²) in [6, 6.07) is 9.67. The van der Waals surface area contributed by atoms with E-state index >= 15 is 0 Å². The van der Waals surface area contributed by atoms with Crippen LogP contribution < -0.4 is 5.32 Å². The molecule has 0 unspecified atom stereocenters. The Morgan fingerprint density at radius 2 is 2.08 bits per heavy atom. The number of hydrogen-bond acceptors (Lipinski definition) is 3. The monoisotopic (exact) mass is 339 g/mol. The molecule has 2 heterocycles. The van der Waals surface area contributed by atoms with Crippen molar-refractivity contribution >= 4 is 11.7 Å². The molecular weight excluding hydrogens is 321 g/mol. The van der Waals surface area contributed by atoms with E-state index in [-0.39, 0.29) is 18.1 Å². The van der Waals surface area contributed by atoms with Gasteiger partial charge in [0.15, 0.2) is 5.82 Å². The average molecular weight is 339 g/mol. The summed E-state index contributed by atoms with van der Waals surface area (Å²) in [6.07, 6.45) is 5.44. The first kappa shape index (κ1) is 15.6. The second kappa shape index (κ2) is 6.51. The van der Waals surface area contributed by atoms with Crippen LogP contribution in [0.4, 0.5) is 10.2 Å². The number of hydrogen-bond donors (Lipinski definition) is 2. The maximum absolute atomic E-state index is 13.0. The Morgan fingerprint density at radius 1 is 1.28 bits per heavy atom. The third-order valence-electron chi connectivity index (χ3n) is 4.18. The van der Waals surface area contributed by atoms with Crippen LogP contribution in [-0.4, -0.2) is 25.9 Å². The van der Waals surface area contributed by atoms with Crippen LogP contribution in [0.15, 0.2) is 42.6 Å². The molecule has 1 aliphatic carbocycles. The van der Waals surface area contributed by atoms with Crippen LogP contribution in [0.5, 0.6) is 0 Å². The van der Waals surface area contributed by atoms with Crippen LogP contribution in [0.3, 0.4) is 0 Å². The predicted octanol–water partition coefficient (Wildman–Crippen LogP) is 2.87. The summed E-state index contributed by atoms with van der Waals surface area (Å²) in [5.74, 6) is 0.836. The van der Waals surface area contributed by atoms with Crippen molar-refractivity contribution in [1.82, 2.24) is 20.0 Å². The highest BCUT2D eigenvalue weighted by Gasteiger charge is 2.22. The lowest BCUT2D eigenvalue weighted by Crippen LogP contribution is -2.15. The first-order valence-electron chi connectivity index (χ1n) is 8.30. The summed E-state index contributed by atoms with van der Waals surface area (Å²) in [6.45, 7) is 0. The second-order valence-electron chi connectivity index (χ2n) is 6.38. The number of halogens is 1. The number of carbonyl (C=O) groups is 1. The summed E-state index contributed by atoms with van der Waals surface area (Å²) in [5, 5.41) is 14.2. The minimum absolute atomic E-state index is 0.152. The number of aromatic nitrogens is 4. The van der Waals surface area contributed by atoms with Crippen molar-refractivity contribution in [2.45, 2.75) is 25.7 Å². The SMILES string of the molecule is O=C(Cc1ccn(-c2ccc(F)cc2)n1)Nc1cc(CC2CC2)[nH]n1. The van der Waals surface area contributed by atoms with Crippen molar-refractivity contribution in [3.8, 4) is 5.69 Å². The molecule has 128 valence electrons. The zero-order chi connectivity index (χ0) is 17.2. The molecule has 0 radical (unpaired) electrons. The van der Waals surface area contributed by atoms with E-state index in [1.807, 2.05) is 6.07 Å². The van der Waals surface area contributed by atoms with Gasteiger partial charge in [0.1, 0.15) is 5.82 Å². The van der Waals surface area contributed by atoms with E-state index in [0.29, 0.717) is 11.5 Å². The van der Waals surface area contributed by atoms with Crippen molar-refractivity contribution < 1.29 is 9.18 Å². The molecule has 1 saturated carbocycles. The number of nitrogens with one attached hydrogen (secondary N) is 2. The van der Waals surface area contributed by atoms with E-state index in [2.05, 4.69) is 20.6 Å². The van der Waals surface area contributed by atoms with Crippen LogP contribution in [-0.2, 0) is 17.6 Å². The molecule has 25 heavy (non-hydrogen) atoms. The molecule has 1 aliphatic rings. The van der Waals surface area contributed by atoms with Gasteiger partial charge in [-0.3, -0.25) is 9.89 Å². The van der Waals surface area contributed by atoms with Gasteiger partial charge >= 0.3 is 0 Å². The number of aromatic amines is 1. The van der Waals surface area contributed by atoms with Gasteiger partial charge in [0, 0.05) is 18.0 Å². The summed E-state index contributed by atoms with van der Waals surface area (Å²) >= 11 is 0. The Balaban J connectivity index is 1.36. The number of carbonyl (C=O) groups excluding carboxylic acids is 1. The van der Waals surface area contributed by atoms with Gasteiger partial charge < -0.3 is 5.32 Å². The van der Waals surface area contributed by atoms with E-state index in [1.54, 1.807) is 29.1 Å². The van der Waals surface area contributed by atoms with Crippen LogP contribution in [0.25, 0.3) is 5.69 Å². The fourth-order valence-corrected chi connectivity index (χ4v) is 2.71. The molecule has 6 nitrogen and oxygen atoms in total. The highest BCUT2D eigenvalue weighted by Crippen LogP contribution is 2.32. The van der Waals surface area contributed by atoms with Gasteiger partial charge in [-0.2, -0.15) is 10.2 Å². The highest BCUT2D eigenvalue weighted by atomic mass is 19.1. The van der Waals surface area contributed by atoms with Gasteiger partial charge in [-0.1, -0.05) is 0 Å². The van der Waals surface area contributed by atoms with Gasteiger partial charge in [0.05, 0.1) is 17.8 Å². The quantitative estimate of drug-likeness (QED) is 0.725. The molecule has 0 spiro atoms. The second-order valence-corrected chi connectivity index (χ2v) is 6.38. The molecule has 4 rings (SSSR count). The molecule has 1 amide bonds. The lowest BCUT2D eigenvalue weighted by atomic mass is 10.2. The Bertz CT molecular complexity index is 879. The summed E-state index contributed by atoms with van der Waals surface area (Å²) in [4.78, 5) is 12.2. The average Bonchev–Trinajstić information content (AvgIpc) is 3.10. The number of H-pyrrole nitrogens is 1. The number of nitrogens with zero attached hydrogens (tertiary/aromatic N) is 3. The summed E-state index contributed by atoms with van der Waals surface area (Å²) < 4.78 is 14.6. The summed E-state index contributed by atoms with van der Waals surface area (Å²) in [7, 11) is 0. The fraction of sp³-hybridized carbons (Fsp3) is 0.278. The van der Waals surface area contributed by atoms with Gasteiger partial charge in [-0.25, -0.2) is 9.07 Å².